The van der Waals surface area contributed by atoms with Gasteiger partial charge in [0.05, 0.1) is 0 Å². The fraction of sp³-hybridized carbons (Fsp3) is 0.647. The molecule has 20 heavy (non-hydrogen) atoms. The maximum atomic E-state index is 6.11. The lowest BCUT2D eigenvalue weighted by Crippen LogP contribution is -2.40. The van der Waals surface area contributed by atoms with E-state index in [-0.39, 0.29) is 11.1 Å². The molecule has 0 fully saturated rings. The number of hydrogen-bond donors (Lipinski definition) is 2. The lowest BCUT2D eigenvalue weighted by molar-refractivity contribution is 0.221. The molecule has 1 aromatic rings. The van der Waals surface area contributed by atoms with Gasteiger partial charge in [0.15, 0.2) is 0 Å². The normalized spacial score (nSPS) is 12.9. The Hall–Kier alpha value is -0.900. The van der Waals surface area contributed by atoms with Crippen LogP contribution in [-0.4, -0.2) is 29.1 Å². The fourth-order valence-corrected chi connectivity index (χ4v) is 2.00. The van der Waals surface area contributed by atoms with Gasteiger partial charge in [-0.15, -0.1) is 0 Å². The molecule has 0 spiro atoms. The molecule has 0 bridgehead atoms. The van der Waals surface area contributed by atoms with Crippen molar-refractivity contribution in [1.82, 2.24) is 4.90 Å². The molecule has 1 rings (SSSR count). The molecule has 0 aliphatic carbocycles. The van der Waals surface area contributed by atoms with Crippen LogP contribution in [-0.2, 0) is 6.54 Å². The molecule has 114 valence electrons. The predicted molar refractivity (Wildman–Crippen MR) is 87.5 cm³/mol. The van der Waals surface area contributed by atoms with Crippen LogP contribution in [0.3, 0.4) is 0 Å². The largest absolute Gasteiger partial charge is 0.326 e. The molecule has 0 radical (unpaired) electrons. The standard InChI is InChI=1S/C17H31N3/c1-16(2,18)10-12-20(13-11-17(3,4)19)14-15-8-6-5-7-9-15/h5-9H,10-14,18-19H2,1-4H3. The Morgan fingerprint density at radius 3 is 1.70 bits per heavy atom. The van der Waals surface area contributed by atoms with E-state index in [0.29, 0.717) is 0 Å². The zero-order valence-electron chi connectivity index (χ0n) is 13.5. The lowest BCUT2D eigenvalue weighted by atomic mass is 10.00. The molecule has 0 aliphatic heterocycles. The Kier molecular flexibility index (Phi) is 6.18. The van der Waals surface area contributed by atoms with E-state index >= 15 is 0 Å². The third-order valence-electron chi connectivity index (χ3n) is 3.39. The number of nitrogens with two attached hydrogens (primary N) is 2. The summed E-state index contributed by atoms with van der Waals surface area (Å²) in [7, 11) is 0. The first-order chi connectivity index (χ1) is 9.16. The third-order valence-corrected chi connectivity index (χ3v) is 3.39. The molecular formula is C17H31N3. The molecule has 3 heteroatoms. The van der Waals surface area contributed by atoms with E-state index in [1.54, 1.807) is 0 Å². The van der Waals surface area contributed by atoms with Crippen LogP contribution in [0.1, 0.15) is 46.1 Å². The minimum Gasteiger partial charge on any atom is -0.326 e. The second-order valence-electron chi connectivity index (χ2n) is 7.24. The van der Waals surface area contributed by atoms with Crippen LogP contribution in [0.25, 0.3) is 0 Å². The van der Waals surface area contributed by atoms with Gasteiger partial charge in [-0.05, 0) is 46.1 Å². The van der Waals surface area contributed by atoms with Gasteiger partial charge in [0.25, 0.3) is 0 Å². The van der Waals surface area contributed by atoms with Crippen molar-refractivity contribution in [1.29, 1.82) is 0 Å². The molecular weight excluding hydrogens is 246 g/mol. The predicted octanol–water partition coefficient (Wildman–Crippen LogP) is 2.74. The van der Waals surface area contributed by atoms with E-state index in [0.717, 1.165) is 32.5 Å². The molecule has 4 N–H and O–H groups in total. The molecule has 3 nitrogen and oxygen atoms in total. The summed E-state index contributed by atoms with van der Waals surface area (Å²) < 4.78 is 0. The van der Waals surface area contributed by atoms with E-state index in [1.165, 1.54) is 5.56 Å². The van der Waals surface area contributed by atoms with Crippen LogP contribution in [0.4, 0.5) is 0 Å². The van der Waals surface area contributed by atoms with Crippen molar-refractivity contribution in [2.45, 2.75) is 58.2 Å². The van der Waals surface area contributed by atoms with E-state index in [9.17, 15) is 0 Å². The number of nitrogens with zero attached hydrogens (tertiary/aromatic N) is 1. The summed E-state index contributed by atoms with van der Waals surface area (Å²) >= 11 is 0. The van der Waals surface area contributed by atoms with Crippen molar-refractivity contribution in [2.75, 3.05) is 13.1 Å². The van der Waals surface area contributed by atoms with Gasteiger partial charge >= 0.3 is 0 Å². The highest BCUT2D eigenvalue weighted by molar-refractivity contribution is 5.14. The van der Waals surface area contributed by atoms with Gasteiger partial charge in [0, 0.05) is 30.7 Å². The summed E-state index contributed by atoms with van der Waals surface area (Å²) in [5, 5.41) is 0. The van der Waals surface area contributed by atoms with E-state index in [1.807, 2.05) is 0 Å². The molecule has 0 aliphatic rings. The maximum Gasteiger partial charge on any atom is 0.0233 e. The van der Waals surface area contributed by atoms with Crippen molar-refractivity contribution < 1.29 is 0 Å². The lowest BCUT2D eigenvalue weighted by Gasteiger charge is -2.29. The number of benzene rings is 1. The van der Waals surface area contributed by atoms with Crippen molar-refractivity contribution in [2.24, 2.45) is 11.5 Å². The average Bonchev–Trinajstić information content (AvgIpc) is 2.32. The van der Waals surface area contributed by atoms with Crippen molar-refractivity contribution in [3.8, 4) is 0 Å². The number of hydrogen-bond acceptors (Lipinski definition) is 3. The SMILES string of the molecule is CC(C)(N)CCN(CCC(C)(C)N)Cc1ccccc1. The zero-order valence-corrected chi connectivity index (χ0v) is 13.5. The second kappa shape index (κ2) is 7.21. The first kappa shape index (κ1) is 17.2. The summed E-state index contributed by atoms with van der Waals surface area (Å²) in [6, 6.07) is 10.6. The Morgan fingerprint density at radius 1 is 0.850 bits per heavy atom. The fourth-order valence-electron chi connectivity index (χ4n) is 2.00. The quantitative estimate of drug-likeness (QED) is 0.768. The molecule has 1 aromatic carbocycles. The molecule has 0 saturated carbocycles. The minimum atomic E-state index is -0.118. The minimum absolute atomic E-state index is 0.118. The molecule has 0 saturated heterocycles. The van der Waals surface area contributed by atoms with E-state index < -0.39 is 0 Å². The molecule has 0 heterocycles. The smallest absolute Gasteiger partial charge is 0.0233 e. The highest BCUT2D eigenvalue weighted by Gasteiger charge is 2.17. The van der Waals surface area contributed by atoms with Crippen molar-refractivity contribution in [3.05, 3.63) is 35.9 Å². The molecule has 0 atom stereocenters. The summed E-state index contributed by atoms with van der Waals surface area (Å²) in [5.41, 5.74) is 13.3. The number of rotatable bonds is 8. The Balaban J connectivity index is 2.59. The van der Waals surface area contributed by atoms with Crippen molar-refractivity contribution >= 4 is 0 Å². The molecule has 0 unspecified atom stereocenters. The summed E-state index contributed by atoms with van der Waals surface area (Å²) in [5.74, 6) is 0. The molecule has 0 aromatic heterocycles. The van der Waals surface area contributed by atoms with Crippen LogP contribution in [0, 0.1) is 0 Å². The summed E-state index contributed by atoms with van der Waals surface area (Å²) in [6.45, 7) is 11.3. The molecule has 0 amide bonds. The van der Waals surface area contributed by atoms with Gasteiger partial charge in [-0.3, -0.25) is 4.90 Å². The van der Waals surface area contributed by atoms with Gasteiger partial charge in [-0.1, -0.05) is 30.3 Å². The van der Waals surface area contributed by atoms with E-state index in [4.69, 9.17) is 11.5 Å². The van der Waals surface area contributed by atoms with Gasteiger partial charge < -0.3 is 11.5 Å². The van der Waals surface area contributed by atoms with Crippen molar-refractivity contribution in [3.63, 3.8) is 0 Å². The third kappa shape index (κ3) is 8.31. The summed E-state index contributed by atoms with van der Waals surface area (Å²) in [6.07, 6.45) is 1.98. The monoisotopic (exact) mass is 277 g/mol. The topological polar surface area (TPSA) is 55.3 Å². The second-order valence-corrected chi connectivity index (χ2v) is 7.24. The van der Waals surface area contributed by atoms with Crippen LogP contribution in [0.5, 0.6) is 0 Å². The average molecular weight is 277 g/mol. The maximum absolute atomic E-state index is 6.11. The first-order valence-corrected chi connectivity index (χ1v) is 7.50. The van der Waals surface area contributed by atoms with Gasteiger partial charge in [0.2, 0.25) is 0 Å². The van der Waals surface area contributed by atoms with Crippen LogP contribution < -0.4 is 11.5 Å². The highest BCUT2D eigenvalue weighted by atomic mass is 15.1. The van der Waals surface area contributed by atoms with E-state index in [2.05, 4.69) is 62.9 Å². The first-order valence-electron chi connectivity index (χ1n) is 7.50. The van der Waals surface area contributed by atoms with Gasteiger partial charge in [0.1, 0.15) is 0 Å². The van der Waals surface area contributed by atoms with Crippen LogP contribution in [0.2, 0.25) is 0 Å². The Bertz CT molecular complexity index is 355. The Labute approximate surface area is 124 Å². The van der Waals surface area contributed by atoms with Crippen LogP contribution >= 0.6 is 0 Å². The highest BCUT2D eigenvalue weighted by Crippen LogP contribution is 2.12. The summed E-state index contributed by atoms with van der Waals surface area (Å²) in [4.78, 5) is 2.46. The zero-order chi connectivity index (χ0) is 15.2. The Morgan fingerprint density at radius 2 is 1.30 bits per heavy atom. The van der Waals surface area contributed by atoms with Gasteiger partial charge in [-0.25, -0.2) is 0 Å². The van der Waals surface area contributed by atoms with Gasteiger partial charge in [-0.2, -0.15) is 0 Å². The van der Waals surface area contributed by atoms with Crippen LogP contribution in [0.15, 0.2) is 30.3 Å².